The van der Waals surface area contributed by atoms with E-state index >= 15 is 0 Å². The summed E-state index contributed by atoms with van der Waals surface area (Å²) in [6.07, 6.45) is -3.80. The van der Waals surface area contributed by atoms with Crippen molar-refractivity contribution in [3.8, 4) is 0 Å². The lowest BCUT2D eigenvalue weighted by Crippen LogP contribution is -2.60. The smallest absolute Gasteiger partial charge is 0.322 e. The van der Waals surface area contributed by atoms with Crippen LogP contribution in [-0.4, -0.2) is 78.3 Å². The van der Waals surface area contributed by atoms with Crippen LogP contribution in [0.15, 0.2) is 0 Å². The number of carboxylic acids is 1. The quantitative estimate of drug-likeness (QED) is 0.524. The number of hydrogen-bond donors (Lipinski definition) is 3. The third-order valence-electron chi connectivity index (χ3n) is 4.27. The van der Waals surface area contributed by atoms with Crippen LogP contribution in [-0.2, 0) is 38.1 Å². The van der Waals surface area contributed by atoms with Crippen molar-refractivity contribution in [3.05, 3.63) is 0 Å². The maximum absolute atomic E-state index is 12.6. The van der Waals surface area contributed by atoms with Crippen LogP contribution in [0.2, 0.25) is 0 Å². The molecule has 27 heavy (non-hydrogen) atoms. The first-order valence-electron chi connectivity index (χ1n) is 8.60. The molecule has 152 valence electrons. The fourth-order valence-electron chi connectivity index (χ4n) is 3.33. The van der Waals surface area contributed by atoms with Gasteiger partial charge in [0, 0.05) is 0 Å². The van der Waals surface area contributed by atoms with Gasteiger partial charge in [-0.1, -0.05) is 0 Å². The minimum atomic E-state index is -1.18. The molecule has 3 saturated heterocycles. The Morgan fingerprint density at radius 2 is 1.44 bits per heavy atom. The molecular weight excluding hydrogens is 364 g/mol. The summed E-state index contributed by atoms with van der Waals surface area (Å²) in [7, 11) is 0. The number of carboxylic acid groups (broad SMARTS) is 1. The maximum Gasteiger partial charge on any atom is 0.322 e. The second-order valence-corrected chi connectivity index (χ2v) is 7.48. The van der Waals surface area contributed by atoms with E-state index in [9.17, 15) is 14.4 Å². The SMILES string of the molecule is CC1(C)O[C@H]2[C@@H](O1)[C@@H](C(=O)NCC(=O)NCC(=O)O)O[C@@H]1OC(C)(C)O[C@@H]12. The second-order valence-electron chi connectivity index (χ2n) is 7.48. The summed E-state index contributed by atoms with van der Waals surface area (Å²) >= 11 is 0. The zero-order chi connectivity index (χ0) is 20.0. The summed E-state index contributed by atoms with van der Waals surface area (Å²) in [5, 5.41) is 13.1. The van der Waals surface area contributed by atoms with Crippen molar-refractivity contribution in [2.45, 2.75) is 70.0 Å². The van der Waals surface area contributed by atoms with E-state index in [1.54, 1.807) is 27.7 Å². The number of carbonyl (C=O) groups is 3. The van der Waals surface area contributed by atoms with E-state index in [0.717, 1.165) is 0 Å². The topological polar surface area (TPSA) is 142 Å². The Hall–Kier alpha value is -1.79. The van der Waals surface area contributed by atoms with Gasteiger partial charge in [-0.15, -0.1) is 0 Å². The second kappa shape index (κ2) is 6.99. The van der Waals surface area contributed by atoms with Crippen molar-refractivity contribution in [3.63, 3.8) is 0 Å². The minimum absolute atomic E-state index is 0.398. The van der Waals surface area contributed by atoms with Gasteiger partial charge in [-0.2, -0.15) is 0 Å². The van der Waals surface area contributed by atoms with Gasteiger partial charge in [0.25, 0.3) is 5.91 Å². The molecule has 5 atom stereocenters. The summed E-state index contributed by atoms with van der Waals surface area (Å²) in [5.74, 6) is -4.26. The molecule has 11 heteroatoms. The molecular formula is C16H24N2O9. The standard InChI is InChI=1S/C16H24N2O9/c1-15(2)24-9-10(25-15)12-14(27-16(3,4)26-12)23-11(9)13(22)18-5-7(19)17-6-8(20)21/h9-12,14H,5-6H2,1-4H3,(H,17,19)(H,18,22)(H,20,21)/t9-,10+,11+,12-,14-/m1/s1. The van der Waals surface area contributed by atoms with Crippen LogP contribution in [0.3, 0.4) is 0 Å². The van der Waals surface area contributed by atoms with Gasteiger partial charge in [0.15, 0.2) is 24.0 Å². The summed E-state index contributed by atoms with van der Waals surface area (Å²) in [4.78, 5) is 34.6. The summed E-state index contributed by atoms with van der Waals surface area (Å²) in [6, 6.07) is 0. The lowest BCUT2D eigenvalue weighted by molar-refractivity contribution is -0.231. The van der Waals surface area contributed by atoms with Crippen LogP contribution < -0.4 is 10.6 Å². The number of carbonyl (C=O) groups excluding carboxylic acids is 2. The largest absolute Gasteiger partial charge is 0.480 e. The predicted octanol–water partition coefficient (Wildman–Crippen LogP) is -1.30. The molecule has 0 spiro atoms. The highest BCUT2D eigenvalue weighted by molar-refractivity contribution is 5.88. The molecule has 0 aromatic heterocycles. The summed E-state index contributed by atoms with van der Waals surface area (Å²) < 4.78 is 29.0. The van der Waals surface area contributed by atoms with Gasteiger partial charge < -0.3 is 39.4 Å². The number of aliphatic carboxylic acids is 1. The number of fused-ring (bicyclic) bond motifs is 3. The molecule has 0 saturated carbocycles. The Morgan fingerprint density at radius 1 is 0.852 bits per heavy atom. The molecule has 0 unspecified atom stereocenters. The molecule has 3 fully saturated rings. The minimum Gasteiger partial charge on any atom is -0.480 e. The predicted molar refractivity (Wildman–Crippen MR) is 86.2 cm³/mol. The highest BCUT2D eigenvalue weighted by Crippen LogP contribution is 2.44. The van der Waals surface area contributed by atoms with E-state index < -0.39 is 73.2 Å². The van der Waals surface area contributed by atoms with E-state index in [1.807, 2.05) is 0 Å². The highest BCUT2D eigenvalue weighted by Gasteiger charge is 2.62. The Balaban J connectivity index is 1.66. The van der Waals surface area contributed by atoms with Crippen LogP contribution in [0.25, 0.3) is 0 Å². The monoisotopic (exact) mass is 388 g/mol. The first-order chi connectivity index (χ1) is 12.5. The summed E-state index contributed by atoms with van der Waals surface area (Å²) in [5.41, 5.74) is 0. The molecule has 0 aliphatic carbocycles. The van der Waals surface area contributed by atoms with Gasteiger partial charge in [0.05, 0.1) is 6.54 Å². The third-order valence-corrected chi connectivity index (χ3v) is 4.27. The van der Waals surface area contributed by atoms with Crippen molar-refractivity contribution >= 4 is 17.8 Å². The zero-order valence-electron chi connectivity index (χ0n) is 15.5. The van der Waals surface area contributed by atoms with Crippen LogP contribution in [0.4, 0.5) is 0 Å². The first kappa shape index (κ1) is 20.0. The normalized spacial score (nSPS) is 35.8. The molecule has 0 bridgehead atoms. The van der Waals surface area contributed by atoms with Gasteiger partial charge >= 0.3 is 5.97 Å². The van der Waals surface area contributed by atoms with E-state index in [0.29, 0.717) is 0 Å². The van der Waals surface area contributed by atoms with Gasteiger partial charge in [-0.3, -0.25) is 14.4 Å². The van der Waals surface area contributed by atoms with Gasteiger partial charge in [-0.25, -0.2) is 0 Å². The fourth-order valence-corrected chi connectivity index (χ4v) is 3.33. The van der Waals surface area contributed by atoms with E-state index in [4.69, 9.17) is 28.8 Å². The number of nitrogens with one attached hydrogen (secondary N) is 2. The number of rotatable bonds is 5. The van der Waals surface area contributed by atoms with Crippen molar-refractivity contribution in [2.75, 3.05) is 13.1 Å². The van der Waals surface area contributed by atoms with Crippen LogP contribution >= 0.6 is 0 Å². The molecule has 11 nitrogen and oxygen atoms in total. The molecule has 0 aromatic rings. The van der Waals surface area contributed by atoms with Crippen LogP contribution in [0.1, 0.15) is 27.7 Å². The molecule has 3 aliphatic heterocycles. The molecule has 3 aliphatic rings. The lowest BCUT2D eigenvalue weighted by Gasteiger charge is -2.36. The number of amides is 2. The Bertz CT molecular complexity index is 635. The molecule has 0 aromatic carbocycles. The maximum atomic E-state index is 12.6. The van der Waals surface area contributed by atoms with E-state index in [1.165, 1.54) is 0 Å². The highest BCUT2D eigenvalue weighted by atomic mass is 16.9. The number of ether oxygens (including phenoxy) is 5. The zero-order valence-corrected chi connectivity index (χ0v) is 15.5. The molecule has 3 heterocycles. The van der Waals surface area contributed by atoms with Crippen LogP contribution in [0, 0.1) is 0 Å². The first-order valence-corrected chi connectivity index (χ1v) is 8.60. The third kappa shape index (κ3) is 4.38. The Kier molecular flexibility index (Phi) is 5.16. The van der Waals surface area contributed by atoms with Crippen molar-refractivity contribution in [1.82, 2.24) is 10.6 Å². The van der Waals surface area contributed by atoms with E-state index in [2.05, 4.69) is 10.6 Å². The van der Waals surface area contributed by atoms with Crippen molar-refractivity contribution in [1.29, 1.82) is 0 Å². The molecule has 0 radical (unpaired) electrons. The average molecular weight is 388 g/mol. The van der Waals surface area contributed by atoms with Crippen LogP contribution in [0.5, 0.6) is 0 Å². The van der Waals surface area contributed by atoms with Crippen molar-refractivity contribution < 1.29 is 43.2 Å². The lowest BCUT2D eigenvalue weighted by atomic mass is 9.98. The Morgan fingerprint density at radius 3 is 2.11 bits per heavy atom. The van der Waals surface area contributed by atoms with Gasteiger partial charge in [0.1, 0.15) is 24.9 Å². The Labute approximate surface area is 155 Å². The average Bonchev–Trinajstić information content (AvgIpc) is 3.03. The molecule has 2 amide bonds. The molecule has 3 rings (SSSR count). The molecule has 3 N–H and O–H groups in total. The van der Waals surface area contributed by atoms with Gasteiger partial charge in [0.2, 0.25) is 5.91 Å². The summed E-state index contributed by atoms with van der Waals surface area (Å²) in [6.45, 7) is 5.96. The number of hydrogen-bond acceptors (Lipinski definition) is 8. The van der Waals surface area contributed by atoms with Gasteiger partial charge in [-0.05, 0) is 27.7 Å². The van der Waals surface area contributed by atoms with E-state index in [-0.39, 0.29) is 0 Å². The fraction of sp³-hybridized carbons (Fsp3) is 0.812. The van der Waals surface area contributed by atoms with Crippen molar-refractivity contribution in [2.24, 2.45) is 0 Å².